The van der Waals surface area contributed by atoms with E-state index in [1.165, 1.54) is 4.68 Å². The standard InChI is InChI=1S/C6H9N7O2S2/c1-3-4(5(7)9-13(3)2)17(14,15)10-6-8-11-12-16-6/h1-2H3,(H2,7,9)(H,8,10,12). The van der Waals surface area contributed by atoms with Crippen LogP contribution in [0.15, 0.2) is 4.90 Å². The molecule has 9 nitrogen and oxygen atoms in total. The zero-order valence-electron chi connectivity index (χ0n) is 8.95. The van der Waals surface area contributed by atoms with Crippen molar-refractivity contribution in [2.45, 2.75) is 11.8 Å². The number of sulfonamides is 1. The monoisotopic (exact) mass is 275 g/mol. The van der Waals surface area contributed by atoms with E-state index in [0.29, 0.717) is 5.69 Å². The van der Waals surface area contributed by atoms with Crippen molar-refractivity contribution in [1.82, 2.24) is 24.6 Å². The van der Waals surface area contributed by atoms with Crippen molar-refractivity contribution in [2.75, 3.05) is 10.5 Å². The van der Waals surface area contributed by atoms with Crippen molar-refractivity contribution in [2.24, 2.45) is 7.05 Å². The third-order valence-electron chi connectivity index (χ3n) is 2.09. The van der Waals surface area contributed by atoms with Crippen LogP contribution < -0.4 is 10.5 Å². The van der Waals surface area contributed by atoms with Gasteiger partial charge in [-0.05, 0) is 12.1 Å². The summed E-state index contributed by atoms with van der Waals surface area (Å²) in [6.45, 7) is 1.61. The third-order valence-corrected chi connectivity index (χ3v) is 4.24. The van der Waals surface area contributed by atoms with Crippen LogP contribution in [-0.4, -0.2) is 33.0 Å². The van der Waals surface area contributed by atoms with Gasteiger partial charge in [0.15, 0.2) is 10.7 Å². The molecule has 3 N–H and O–H groups in total. The zero-order chi connectivity index (χ0) is 12.6. The minimum absolute atomic E-state index is 0.0600. The van der Waals surface area contributed by atoms with E-state index < -0.39 is 10.0 Å². The number of nitrogens with zero attached hydrogens (tertiary/aromatic N) is 5. The number of aryl methyl sites for hydroxylation is 1. The maximum Gasteiger partial charge on any atom is 0.269 e. The van der Waals surface area contributed by atoms with Crippen molar-refractivity contribution in [3.63, 3.8) is 0 Å². The number of nitrogens with one attached hydrogen (secondary N) is 1. The Bertz CT molecular complexity index is 630. The third kappa shape index (κ3) is 2.06. The predicted octanol–water partition coefficient (Wildman–Crippen LogP) is -0.642. The second-order valence-electron chi connectivity index (χ2n) is 3.20. The van der Waals surface area contributed by atoms with Gasteiger partial charge >= 0.3 is 0 Å². The van der Waals surface area contributed by atoms with Gasteiger partial charge in [-0.25, -0.2) is 8.42 Å². The number of rotatable bonds is 3. The number of hydrogen-bond acceptors (Lipinski definition) is 8. The molecule has 0 aliphatic rings. The Morgan fingerprint density at radius 3 is 2.65 bits per heavy atom. The maximum absolute atomic E-state index is 12.0. The van der Waals surface area contributed by atoms with Crippen LogP contribution in [0.5, 0.6) is 0 Å². The van der Waals surface area contributed by atoms with Gasteiger partial charge in [-0.15, -0.1) is 0 Å². The van der Waals surface area contributed by atoms with Gasteiger partial charge in [0.1, 0.15) is 0 Å². The molecule has 2 aromatic rings. The van der Waals surface area contributed by atoms with E-state index in [2.05, 4.69) is 24.6 Å². The lowest BCUT2D eigenvalue weighted by Crippen LogP contribution is -2.15. The molecule has 0 aliphatic carbocycles. The van der Waals surface area contributed by atoms with Crippen LogP contribution in [0.2, 0.25) is 0 Å². The quantitative estimate of drug-likeness (QED) is 0.762. The van der Waals surface area contributed by atoms with Crippen molar-refractivity contribution in [1.29, 1.82) is 0 Å². The molecule has 0 spiro atoms. The van der Waals surface area contributed by atoms with E-state index in [1.54, 1.807) is 14.0 Å². The molecule has 0 atom stereocenters. The van der Waals surface area contributed by atoms with Crippen LogP contribution in [-0.2, 0) is 17.1 Å². The normalized spacial score (nSPS) is 11.6. The van der Waals surface area contributed by atoms with E-state index in [4.69, 9.17) is 5.73 Å². The molecule has 92 valence electrons. The maximum atomic E-state index is 12.0. The largest absolute Gasteiger partial charge is 0.381 e. The summed E-state index contributed by atoms with van der Waals surface area (Å²) in [5.41, 5.74) is 6.00. The summed E-state index contributed by atoms with van der Waals surface area (Å²) in [7, 11) is -2.21. The number of hydrogen-bond donors (Lipinski definition) is 2. The molecule has 17 heavy (non-hydrogen) atoms. The minimum Gasteiger partial charge on any atom is -0.381 e. The van der Waals surface area contributed by atoms with Crippen LogP contribution in [0.3, 0.4) is 0 Å². The van der Waals surface area contributed by atoms with Crippen LogP contribution in [0, 0.1) is 6.92 Å². The SMILES string of the molecule is Cc1c(S(=O)(=O)Nc2nnns2)c(N)nn1C. The summed E-state index contributed by atoms with van der Waals surface area (Å²) >= 11 is 0.832. The lowest BCUT2D eigenvalue weighted by atomic mass is 10.5. The molecule has 0 aromatic carbocycles. The van der Waals surface area contributed by atoms with Crippen LogP contribution in [0.1, 0.15) is 5.69 Å². The van der Waals surface area contributed by atoms with E-state index in [1.807, 2.05) is 0 Å². The van der Waals surface area contributed by atoms with Gasteiger partial charge in [0.25, 0.3) is 10.0 Å². The molecule has 2 heterocycles. The molecule has 2 rings (SSSR count). The molecule has 11 heteroatoms. The first-order valence-corrected chi connectivity index (χ1v) is 6.64. The molecule has 0 bridgehead atoms. The molecule has 0 amide bonds. The highest BCUT2D eigenvalue weighted by Gasteiger charge is 2.25. The highest BCUT2D eigenvalue weighted by Crippen LogP contribution is 2.23. The Morgan fingerprint density at radius 2 is 2.18 bits per heavy atom. The first kappa shape index (κ1) is 11.7. The minimum atomic E-state index is -3.81. The van der Waals surface area contributed by atoms with Gasteiger partial charge in [-0.3, -0.25) is 9.40 Å². The lowest BCUT2D eigenvalue weighted by molar-refractivity contribution is 0.600. The fraction of sp³-hybridized carbons (Fsp3) is 0.333. The Hall–Kier alpha value is -1.75. The molecule has 0 aliphatic heterocycles. The summed E-state index contributed by atoms with van der Waals surface area (Å²) in [6, 6.07) is 0. The molecule has 0 fully saturated rings. The molecule has 0 radical (unpaired) electrons. The summed E-state index contributed by atoms with van der Waals surface area (Å²) in [5, 5.41) is 10.7. The molecule has 0 saturated carbocycles. The average molecular weight is 275 g/mol. The zero-order valence-corrected chi connectivity index (χ0v) is 10.6. The van der Waals surface area contributed by atoms with Gasteiger partial charge in [-0.2, -0.15) is 5.10 Å². The summed E-state index contributed by atoms with van der Waals surface area (Å²) < 4.78 is 31.1. The summed E-state index contributed by atoms with van der Waals surface area (Å²) in [5.74, 6) is -0.0602. The van der Waals surface area contributed by atoms with Crippen LogP contribution in [0.25, 0.3) is 0 Å². The number of nitrogens with two attached hydrogens (primary N) is 1. The first-order chi connectivity index (χ1) is 7.92. The van der Waals surface area contributed by atoms with Crippen LogP contribution in [0.4, 0.5) is 10.9 Å². The van der Waals surface area contributed by atoms with Crippen molar-refractivity contribution in [3.05, 3.63) is 5.69 Å². The first-order valence-electron chi connectivity index (χ1n) is 4.38. The lowest BCUT2D eigenvalue weighted by Gasteiger charge is -2.03. The Morgan fingerprint density at radius 1 is 1.47 bits per heavy atom. The summed E-state index contributed by atoms with van der Waals surface area (Å²) in [6.07, 6.45) is 0. The number of aromatic nitrogens is 5. The number of anilines is 2. The topological polar surface area (TPSA) is 129 Å². The van der Waals surface area contributed by atoms with Gasteiger partial charge in [-0.1, -0.05) is 9.59 Å². The molecule has 0 unspecified atom stereocenters. The highest BCUT2D eigenvalue weighted by atomic mass is 32.2. The van der Waals surface area contributed by atoms with Crippen molar-refractivity contribution in [3.8, 4) is 0 Å². The summed E-state index contributed by atoms with van der Waals surface area (Å²) in [4.78, 5) is -0.0600. The molecular weight excluding hydrogens is 266 g/mol. The van der Waals surface area contributed by atoms with Gasteiger partial charge < -0.3 is 5.73 Å². The second kappa shape index (κ2) is 3.92. The highest BCUT2D eigenvalue weighted by molar-refractivity contribution is 7.93. The van der Waals surface area contributed by atoms with Gasteiger partial charge in [0.05, 0.1) is 5.69 Å². The molecule has 0 saturated heterocycles. The van der Waals surface area contributed by atoms with E-state index in [9.17, 15) is 8.42 Å². The van der Waals surface area contributed by atoms with Crippen molar-refractivity contribution < 1.29 is 8.42 Å². The fourth-order valence-electron chi connectivity index (χ4n) is 1.29. The van der Waals surface area contributed by atoms with E-state index in [-0.39, 0.29) is 15.8 Å². The Labute approximate surface area is 101 Å². The molecule has 2 aromatic heterocycles. The molecular formula is C6H9N7O2S2. The number of nitrogen functional groups attached to an aromatic ring is 1. The smallest absolute Gasteiger partial charge is 0.269 e. The Kier molecular flexibility index (Phi) is 2.71. The van der Waals surface area contributed by atoms with Gasteiger partial charge in [0, 0.05) is 18.6 Å². The average Bonchev–Trinajstić information content (AvgIpc) is 2.76. The fourth-order valence-corrected chi connectivity index (χ4v) is 3.20. The Balaban J connectivity index is 2.45. The van der Waals surface area contributed by atoms with Crippen LogP contribution >= 0.6 is 11.5 Å². The second-order valence-corrected chi connectivity index (χ2v) is 5.55. The van der Waals surface area contributed by atoms with E-state index in [0.717, 1.165) is 11.5 Å². The van der Waals surface area contributed by atoms with E-state index >= 15 is 0 Å². The van der Waals surface area contributed by atoms with Crippen molar-refractivity contribution >= 4 is 32.5 Å². The van der Waals surface area contributed by atoms with Gasteiger partial charge in [0.2, 0.25) is 5.13 Å². The predicted molar refractivity (Wildman–Crippen MR) is 60.9 cm³/mol.